The molecule has 0 aromatic heterocycles. The van der Waals surface area contributed by atoms with Crippen LogP contribution >= 0.6 is 0 Å². The SMILES string of the molecule is C=C1C[C@@]23C[C@H]4[C@@H]5[C@]6(C)CN4[C@H]4[C@]5(C[C@@H](OC(=O)[C@H](C)CC)[C@H]6OC(C)=O)[C@@H]2[C@H](OC(C)=O)[C@@H]1[C@@H](OC(C)=O)[C@]43O. The van der Waals surface area contributed by atoms with Crippen molar-refractivity contribution in [3.05, 3.63) is 12.2 Å². The molecule has 15 atom stereocenters. The number of esters is 4. The predicted molar refractivity (Wildman–Crippen MR) is 142 cm³/mol. The standard InChI is InChI=1S/C31H41NO9/c1-8-13(2)26(36)41-19-11-30-22-18-10-29-9-14(3)20(21(23(29)30)38-15(4)33)25(40-17(6)35)31(29,37)27(30)32(18)12-28(22,7)24(19)39-16(5)34/h13,18-25,27,37H,3,8-12H2,1-2,4-7H3/t13-,18+,19-,20-,21-,22-,23-,24-,25-,27+,28+,29-,30+,31+/m1/s1. The minimum absolute atomic E-state index is 0.00352. The van der Waals surface area contributed by atoms with Gasteiger partial charge in [0.2, 0.25) is 0 Å². The summed E-state index contributed by atoms with van der Waals surface area (Å²) in [4.78, 5) is 53.1. The number of piperidine rings is 2. The average Bonchev–Trinajstić information content (AvgIpc) is 3.29. The first kappa shape index (κ1) is 27.4. The van der Waals surface area contributed by atoms with Gasteiger partial charge in [-0.1, -0.05) is 32.9 Å². The van der Waals surface area contributed by atoms with Crippen LogP contribution in [0.4, 0.5) is 0 Å². The van der Waals surface area contributed by atoms with E-state index >= 15 is 0 Å². The van der Waals surface area contributed by atoms with Crippen LogP contribution in [-0.4, -0.2) is 82.5 Å². The number of nitrogens with zero attached hydrogens (tertiary/aromatic N) is 1. The maximum atomic E-state index is 13.2. The van der Waals surface area contributed by atoms with Gasteiger partial charge in [0, 0.05) is 61.6 Å². The van der Waals surface area contributed by atoms with E-state index in [0.717, 1.165) is 5.57 Å². The quantitative estimate of drug-likeness (QED) is 0.288. The summed E-state index contributed by atoms with van der Waals surface area (Å²) in [6, 6.07) is -0.287. The number of carbonyl (C=O) groups is 4. The van der Waals surface area contributed by atoms with Crippen molar-refractivity contribution in [1.29, 1.82) is 0 Å². The summed E-state index contributed by atoms with van der Waals surface area (Å²) in [5, 5.41) is 13.1. The molecular formula is C31H41NO9. The summed E-state index contributed by atoms with van der Waals surface area (Å²) >= 11 is 0. The van der Waals surface area contributed by atoms with Crippen LogP contribution in [0.2, 0.25) is 0 Å². The molecule has 0 radical (unpaired) electrons. The number of hydrogen-bond acceptors (Lipinski definition) is 10. The van der Waals surface area contributed by atoms with Crippen molar-refractivity contribution in [3.63, 3.8) is 0 Å². The largest absolute Gasteiger partial charge is 0.461 e. The summed E-state index contributed by atoms with van der Waals surface area (Å²) in [5.74, 6) is -2.84. The molecule has 0 aromatic carbocycles. The molecule has 10 nitrogen and oxygen atoms in total. The first-order valence-electron chi connectivity index (χ1n) is 15.1. The highest BCUT2D eigenvalue weighted by molar-refractivity contribution is 5.72. The lowest BCUT2D eigenvalue weighted by atomic mass is 9.38. The maximum Gasteiger partial charge on any atom is 0.309 e. The fraction of sp³-hybridized carbons (Fsp3) is 0.806. The van der Waals surface area contributed by atoms with Crippen LogP contribution in [0.15, 0.2) is 12.2 Å². The lowest BCUT2D eigenvalue weighted by Crippen LogP contribution is -2.77. The molecule has 10 heteroatoms. The molecule has 1 N–H and O–H groups in total. The Labute approximate surface area is 240 Å². The van der Waals surface area contributed by atoms with Gasteiger partial charge in [-0.2, -0.15) is 0 Å². The smallest absolute Gasteiger partial charge is 0.309 e. The van der Waals surface area contributed by atoms with E-state index in [0.29, 0.717) is 32.2 Å². The Morgan fingerprint density at radius 2 is 1.63 bits per heavy atom. The molecule has 224 valence electrons. The Morgan fingerprint density at radius 3 is 2.24 bits per heavy atom. The number of rotatable bonds is 6. The van der Waals surface area contributed by atoms with Gasteiger partial charge in [-0.3, -0.25) is 24.1 Å². The van der Waals surface area contributed by atoms with Crippen LogP contribution in [0.1, 0.15) is 67.2 Å². The molecule has 9 rings (SSSR count). The zero-order valence-electron chi connectivity index (χ0n) is 24.7. The third-order valence-corrected chi connectivity index (χ3v) is 12.6. The Bertz CT molecular complexity index is 1280. The molecule has 6 saturated carbocycles. The minimum atomic E-state index is -1.39. The Kier molecular flexibility index (Phi) is 5.43. The van der Waals surface area contributed by atoms with E-state index in [9.17, 15) is 24.3 Å². The molecule has 9 aliphatic rings. The lowest BCUT2D eigenvalue weighted by molar-refractivity contribution is -0.288. The second-order valence-electron chi connectivity index (χ2n) is 14.4. The molecule has 3 saturated heterocycles. The van der Waals surface area contributed by atoms with E-state index in [-0.39, 0.29) is 35.8 Å². The fourth-order valence-electron chi connectivity index (χ4n) is 12.1. The number of ether oxygens (including phenoxy) is 4. The second kappa shape index (κ2) is 8.13. The van der Waals surface area contributed by atoms with Gasteiger partial charge in [0.05, 0.1) is 11.8 Å². The first-order chi connectivity index (χ1) is 19.2. The van der Waals surface area contributed by atoms with Crippen LogP contribution in [0.5, 0.6) is 0 Å². The molecule has 9 bridgehead atoms. The molecule has 9 fully saturated rings. The van der Waals surface area contributed by atoms with E-state index in [1.165, 1.54) is 20.8 Å². The van der Waals surface area contributed by atoms with E-state index < -0.39 is 70.1 Å². The molecule has 3 heterocycles. The predicted octanol–water partition coefficient (Wildman–Crippen LogP) is 2.16. The molecule has 0 aromatic rings. The van der Waals surface area contributed by atoms with Crippen molar-refractivity contribution >= 4 is 23.9 Å². The summed E-state index contributed by atoms with van der Waals surface area (Å²) in [6.07, 6.45) is -0.761. The van der Waals surface area contributed by atoms with Crippen molar-refractivity contribution < 1.29 is 43.2 Å². The summed E-state index contributed by atoms with van der Waals surface area (Å²) in [5.41, 5.74) is -2.45. The van der Waals surface area contributed by atoms with Crippen molar-refractivity contribution in [1.82, 2.24) is 4.90 Å². The van der Waals surface area contributed by atoms with Gasteiger partial charge in [-0.15, -0.1) is 0 Å². The van der Waals surface area contributed by atoms with E-state index in [1.54, 1.807) is 0 Å². The minimum Gasteiger partial charge on any atom is -0.461 e. The average molecular weight is 572 g/mol. The number of aliphatic hydroxyl groups is 1. The molecular weight excluding hydrogens is 530 g/mol. The Morgan fingerprint density at radius 1 is 1.00 bits per heavy atom. The first-order valence-corrected chi connectivity index (χ1v) is 15.1. The molecule has 41 heavy (non-hydrogen) atoms. The third-order valence-electron chi connectivity index (χ3n) is 12.6. The molecule has 6 aliphatic carbocycles. The van der Waals surface area contributed by atoms with Gasteiger partial charge in [0.1, 0.15) is 30.0 Å². The maximum absolute atomic E-state index is 13.2. The van der Waals surface area contributed by atoms with Gasteiger partial charge < -0.3 is 24.1 Å². The number of carbonyl (C=O) groups excluding carboxylic acids is 4. The summed E-state index contributed by atoms with van der Waals surface area (Å²) in [6.45, 7) is 14.9. The van der Waals surface area contributed by atoms with Crippen LogP contribution in [0, 0.1) is 39.9 Å². The van der Waals surface area contributed by atoms with Crippen molar-refractivity contribution in [2.24, 2.45) is 39.9 Å². The fourth-order valence-corrected chi connectivity index (χ4v) is 12.1. The summed E-state index contributed by atoms with van der Waals surface area (Å²) < 4.78 is 24.4. The summed E-state index contributed by atoms with van der Waals surface area (Å²) in [7, 11) is 0. The monoisotopic (exact) mass is 571 g/mol. The van der Waals surface area contributed by atoms with Crippen molar-refractivity contribution in [3.8, 4) is 0 Å². The van der Waals surface area contributed by atoms with Gasteiger partial charge >= 0.3 is 23.9 Å². The van der Waals surface area contributed by atoms with Crippen LogP contribution in [-0.2, 0) is 38.1 Å². The lowest BCUT2D eigenvalue weighted by Gasteiger charge is -2.68. The van der Waals surface area contributed by atoms with Crippen LogP contribution in [0.3, 0.4) is 0 Å². The van der Waals surface area contributed by atoms with Gasteiger partial charge in [0.15, 0.2) is 0 Å². The highest BCUT2D eigenvalue weighted by atomic mass is 16.6. The van der Waals surface area contributed by atoms with Crippen molar-refractivity contribution in [2.75, 3.05) is 6.54 Å². The second-order valence-corrected chi connectivity index (χ2v) is 14.4. The topological polar surface area (TPSA) is 129 Å². The van der Waals surface area contributed by atoms with E-state index in [2.05, 4.69) is 18.4 Å². The Balaban J connectivity index is 1.43. The normalized spacial score (nSPS) is 53.2. The highest BCUT2D eigenvalue weighted by Crippen LogP contribution is 2.88. The third kappa shape index (κ3) is 2.87. The number of fused-ring (bicyclic) bond motifs is 1. The van der Waals surface area contributed by atoms with Crippen LogP contribution < -0.4 is 0 Å². The van der Waals surface area contributed by atoms with E-state index in [1.807, 2.05) is 13.8 Å². The van der Waals surface area contributed by atoms with Crippen molar-refractivity contribution in [2.45, 2.75) is 109 Å². The van der Waals surface area contributed by atoms with Gasteiger partial charge in [0.25, 0.3) is 0 Å². The zero-order chi connectivity index (χ0) is 29.6. The molecule has 1 unspecified atom stereocenters. The highest BCUT2D eigenvalue weighted by Gasteiger charge is 2.97. The zero-order valence-corrected chi connectivity index (χ0v) is 24.7. The van der Waals surface area contributed by atoms with Crippen LogP contribution in [0.25, 0.3) is 0 Å². The van der Waals surface area contributed by atoms with Gasteiger partial charge in [-0.05, 0) is 31.6 Å². The van der Waals surface area contributed by atoms with E-state index in [4.69, 9.17) is 18.9 Å². The van der Waals surface area contributed by atoms with Gasteiger partial charge in [-0.25, -0.2) is 0 Å². The molecule has 0 amide bonds. The molecule has 3 aliphatic heterocycles. The Hall–Kier alpha value is -2.46. The number of hydrogen-bond donors (Lipinski definition) is 1. The molecule has 2 spiro atoms.